The van der Waals surface area contributed by atoms with Crippen LogP contribution in [0.3, 0.4) is 0 Å². The first-order chi connectivity index (χ1) is 7.49. The monoisotopic (exact) mass is 233 g/mol. The number of ether oxygens (including phenoxy) is 1. The summed E-state index contributed by atoms with van der Waals surface area (Å²) in [7, 11) is 3.29. The molecule has 0 fully saturated rings. The van der Waals surface area contributed by atoms with Gasteiger partial charge in [-0.3, -0.25) is 0 Å². The summed E-state index contributed by atoms with van der Waals surface area (Å²) in [5.41, 5.74) is 0.140. The van der Waals surface area contributed by atoms with Gasteiger partial charge in [0.25, 0.3) is 0 Å². The minimum Gasteiger partial charge on any atom is -0.383 e. The van der Waals surface area contributed by atoms with Crippen LogP contribution in [0.1, 0.15) is 17.2 Å². The van der Waals surface area contributed by atoms with Crippen molar-refractivity contribution in [2.75, 3.05) is 20.8 Å². The summed E-state index contributed by atoms with van der Waals surface area (Å²) < 4.78 is 41.9. The molecule has 0 saturated carbocycles. The molecule has 1 aromatic carbocycles. The SMILES string of the molecule is CN[C@H](COC)c1ccc(C(F)(F)F)cc1. The van der Waals surface area contributed by atoms with Crippen molar-refractivity contribution in [1.29, 1.82) is 0 Å². The van der Waals surface area contributed by atoms with Crippen molar-refractivity contribution < 1.29 is 17.9 Å². The number of rotatable bonds is 4. The van der Waals surface area contributed by atoms with E-state index in [4.69, 9.17) is 4.74 Å². The van der Waals surface area contributed by atoms with Gasteiger partial charge < -0.3 is 10.1 Å². The molecular weight excluding hydrogens is 219 g/mol. The molecule has 90 valence electrons. The maximum Gasteiger partial charge on any atom is 0.416 e. The van der Waals surface area contributed by atoms with Crippen LogP contribution >= 0.6 is 0 Å². The second-order valence-corrected chi connectivity index (χ2v) is 3.42. The molecule has 0 aliphatic rings. The molecule has 0 aliphatic heterocycles. The number of alkyl halides is 3. The largest absolute Gasteiger partial charge is 0.416 e. The van der Waals surface area contributed by atoms with E-state index in [0.29, 0.717) is 6.61 Å². The van der Waals surface area contributed by atoms with Crippen molar-refractivity contribution in [1.82, 2.24) is 5.32 Å². The minimum atomic E-state index is -4.28. The second-order valence-electron chi connectivity index (χ2n) is 3.42. The van der Waals surface area contributed by atoms with E-state index in [2.05, 4.69) is 5.32 Å². The highest BCUT2D eigenvalue weighted by Crippen LogP contribution is 2.29. The Morgan fingerprint density at radius 1 is 1.25 bits per heavy atom. The van der Waals surface area contributed by atoms with Crippen LogP contribution < -0.4 is 5.32 Å². The normalized spacial score (nSPS) is 13.8. The molecular formula is C11H14F3NO. The van der Waals surface area contributed by atoms with Crippen LogP contribution in [0.25, 0.3) is 0 Å². The molecule has 1 rings (SSSR count). The molecule has 0 aliphatic carbocycles. The van der Waals surface area contributed by atoms with Crippen LogP contribution in [0, 0.1) is 0 Å². The summed E-state index contributed by atoms with van der Waals surface area (Å²) in [5.74, 6) is 0. The molecule has 0 heterocycles. The van der Waals surface area contributed by atoms with E-state index in [0.717, 1.165) is 17.7 Å². The van der Waals surface area contributed by atoms with Crippen molar-refractivity contribution in [3.63, 3.8) is 0 Å². The zero-order valence-corrected chi connectivity index (χ0v) is 9.14. The number of hydrogen-bond acceptors (Lipinski definition) is 2. The Hall–Kier alpha value is -1.07. The van der Waals surface area contributed by atoms with Crippen LogP contribution in [0.15, 0.2) is 24.3 Å². The third kappa shape index (κ3) is 3.21. The lowest BCUT2D eigenvalue weighted by Gasteiger charge is -2.16. The first-order valence-electron chi connectivity index (χ1n) is 4.82. The summed E-state index contributed by atoms with van der Waals surface area (Å²) in [4.78, 5) is 0. The summed E-state index contributed by atoms with van der Waals surface area (Å²) >= 11 is 0. The Balaban J connectivity index is 2.85. The Morgan fingerprint density at radius 3 is 2.19 bits per heavy atom. The lowest BCUT2D eigenvalue weighted by molar-refractivity contribution is -0.137. The van der Waals surface area contributed by atoms with E-state index in [1.165, 1.54) is 12.1 Å². The maximum absolute atomic E-state index is 12.3. The van der Waals surface area contributed by atoms with E-state index in [9.17, 15) is 13.2 Å². The molecule has 0 radical (unpaired) electrons. The van der Waals surface area contributed by atoms with E-state index in [1.807, 2.05) is 0 Å². The number of hydrogen-bond donors (Lipinski definition) is 1. The quantitative estimate of drug-likeness (QED) is 0.863. The average Bonchev–Trinajstić information content (AvgIpc) is 2.25. The highest BCUT2D eigenvalue weighted by molar-refractivity contribution is 5.26. The van der Waals surface area contributed by atoms with Crippen LogP contribution in [0.5, 0.6) is 0 Å². The van der Waals surface area contributed by atoms with Crippen molar-refractivity contribution in [3.8, 4) is 0 Å². The Bertz CT molecular complexity index is 321. The maximum atomic E-state index is 12.3. The first-order valence-corrected chi connectivity index (χ1v) is 4.82. The second kappa shape index (κ2) is 5.32. The highest BCUT2D eigenvalue weighted by Gasteiger charge is 2.30. The lowest BCUT2D eigenvalue weighted by Crippen LogP contribution is -2.21. The average molecular weight is 233 g/mol. The van der Waals surface area contributed by atoms with Crippen LogP contribution in [0.2, 0.25) is 0 Å². The van der Waals surface area contributed by atoms with Crippen molar-refractivity contribution >= 4 is 0 Å². The fraction of sp³-hybridized carbons (Fsp3) is 0.455. The molecule has 16 heavy (non-hydrogen) atoms. The van der Waals surface area contributed by atoms with Crippen molar-refractivity contribution in [2.45, 2.75) is 12.2 Å². The fourth-order valence-corrected chi connectivity index (χ4v) is 1.42. The predicted octanol–water partition coefficient (Wildman–Crippen LogP) is 2.61. The zero-order valence-electron chi connectivity index (χ0n) is 9.14. The van der Waals surface area contributed by atoms with Gasteiger partial charge in [-0.2, -0.15) is 13.2 Å². The molecule has 0 amide bonds. The molecule has 5 heteroatoms. The van der Waals surface area contributed by atoms with E-state index < -0.39 is 11.7 Å². The van der Waals surface area contributed by atoms with Gasteiger partial charge in [-0.25, -0.2) is 0 Å². The number of nitrogens with one attached hydrogen (secondary N) is 1. The molecule has 0 aromatic heterocycles. The number of benzene rings is 1. The summed E-state index contributed by atoms with van der Waals surface area (Å²) in [6.45, 7) is 0.419. The topological polar surface area (TPSA) is 21.3 Å². The van der Waals surface area contributed by atoms with E-state index >= 15 is 0 Å². The lowest BCUT2D eigenvalue weighted by atomic mass is 10.1. The Labute approximate surface area is 92.4 Å². The number of halogens is 3. The van der Waals surface area contributed by atoms with Crippen molar-refractivity contribution in [2.24, 2.45) is 0 Å². The molecule has 0 bridgehead atoms. The van der Waals surface area contributed by atoms with E-state index in [1.54, 1.807) is 14.2 Å². The standard InChI is InChI=1S/C11H14F3NO/c1-15-10(7-16-2)8-3-5-9(6-4-8)11(12,13)14/h3-6,10,15H,7H2,1-2H3/t10-/m1/s1. The molecule has 0 unspecified atom stereocenters. The molecule has 0 spiro atoms. The Morgan fingerprint density at radius 2 is 1.81 bits per heavy atom. The van der Waals surface area contributed by atoms with Gasteiger partial charge >= 0.3 is 6.18 Å². The van der Waals surface area contributed by atoms with E-state index in [-0.39, 0.29) is 6.04 Å². The molecule has 0 saturated heterocycles. The van der Waals surface area contributed by atoms with Gasteiger partial charge in [0, 0.05) is 7.11 Å². The molecule has 1 aromatic rings. The van der Waals surface area contributed by atoms with Crippen LogP contribution in [-0.2, 0) is 10.9 Å². The Kier molecular flexibility index (Phi) is 4.32. The number of likely N-dealkylation sites (N-methyl/N-ethyl adjacent to an activating group) is 1. The first kappa shape index (κ1) is 13.0. The third-order valence-corrected chi connectivity index (χ3v) is 2.32. The fourth-order valence-electron chi connectivity index (χ4n) is 1.42. The van der Waals surface area contributed by atoms with Gasteiger partial charge in [-0.15, -0.1) is 0 Å². The van der Waals surface area contributed by atoms with Gasteiger partial charge in [-0.1, -0.05) is 12.1 Å². The summed E-state index contributed by atoms with van der Waals surface area (Å²) in [5, 5.41) is 2.97. The van der Waals surface area contributed by atoms with Gasteiger partial charge in [0.05, 0.1) is 18.2 Å². The van der Waals surface area contributed by atoms with Gasteiger partial charge in [0.15, 0.2) is 0 Å². The third-order valence-electron chi connectivity index (χ3n) is 2.32. The highest BCUT2D eigenvalue weighted by atomic mass is 19.4. The van der Waals surface area contributed by atoms with Crippen LogP contribution in [0.4, 0.5) is 13.2 Å². The van der Waals surface area contributed by atoms with Gasteiger partial charge in [0.2, 0.25) is 0 Å². The van der Waals surface area contributed by atoms with Crippen LogP contribution in [-0.4, -0.2) is 20.8 Å². The minimum absolute atomic E-state index is 0.0905. The molecule has 1 N–H and O–H groups in total. The predicted molar refractivity (Wildman–Crippen MR) is 55.1 cm³/mol. The zero-order chi connectivity index (χ0) is 12.2. The summed E-state index contributed by atoms with van der Waals surface area (Å²) in [6.07, 6.45) is -4.28. The smallest absolute Gasteiger partial charge is 0.383 e. The molecule has 1 atom stereocenters. The number of methoxy groups -OCH3 is 1. The van der Waals surface area contributed by atoms with Gasteiger partial charge in [0.1, 0.15) is 0 Å². The van der Waals surface area contributed by atoms with Crippen molar-refractivity contribution in [3.05, 3.63) is 35.4 Å². The molecule has 2 nitrogen and oxygen atoms in total. The van der Waals surface area contributed by atoms with Gasteiger partial charge in [-0.05, 0) is 24.7 Å². The summed E-state index contributed by atoms with van der Waals surface area (Å²) in [6, 6.07) is 4.99.